The second kappa shape index (κ2) is 6.45. The topological polar surface area (TPSA) is 43.4 Å². The summed E-state index contributed by atoms with van der Waals surface area (Å²) in [5.41, 5.74) is 0. The van der Waals surface area contributed by atoms with Gasteiger partial charge in [0.1, 0.15) is 12.2 Å². The van der Waals surface area contributed by atoms with Crippen LogP contribution in [0.3, 0.4) is 0 Å². The van der Waals surface area contributed by atoms with E-state index in [1.807, 2.05) is 12.2 Å². The number of rotatable bonds is 6. The summed E-state index contributed by atoms with van der Waals surface area (Å²) in [6, 6.07) is 0. The quantitative estimate of drug-likeness (QED) is 0.429. The molecule has 1 rings (SSSR count). The Kier molecular flexibility index (Phi) is 5.18. The fourth-order valence-electron chi connectivity index (χ4n) is 1.30. The molecule has 0 aromatic rings. The van der Waals surface area contributed by atoms with Gasteiger partial charge in [0.05, 0.1) is 7.11 Å². The Labute approximate surface area is 92.5 Å². The predicted molar refractivity (Wildman–Crippen MR) is 63.0 cm³/mol. The van der Waals surface area contributed by atoms with Crippen LogP contribution in [0.15, 0.2) is 23.0 Å². The summed E-state index contributed by atoms with van der Waals surface area (Å²) < 4.78 is 4.42. The summed E-state index contributed by atoms with van der Waals surface area (Å²) in [6.07, 6.45) is 5.34. The molecule has 84 valence electrons. The van der Waals surface area contributed by atoms with E-state index in [4.69, 9.17) is 0 Å². The Balaban J connectivity index is 2.09. The first-order chi connectivity index (χ1) is 7.22. The van der Waals surface area contributed by atoms with Crippen LogP contribution >= 0.6 is 10.9 Å². The first-order valence-electron chi connectivity index (χ1n) is 4.91. The third-order valence-corrected chi connectivity index (χ3v) is 4.05. The number of ether oxygens (including phenoxy) is 1. The smallest absolute Gasteiger partial charge is 0.313 e. The number of thiol groups is 1. The number of Topliss-reactive ketones (excluding diaryl/α,β-unsaturated/α-hetero) is 1. The molecule has 4 heteroatoms. The van der Waals surface area contributed by atoms with Crippen molar-refractivity contribution in [3.8, 4) is 0 Å². The highest BCUT2D eigenvalue weighted by atomic mass is 32.2. The van der Waals surface area contributed by atoms with Gasteiger partial charge in [-0.25, -0.2) is 10.9 Å². The first-order valence-corrected chi connectivity index (χ1v) is 6.58. The normalized spacial score (nSPS) is 15.7. The van der Waals surface area contributed by atoms with Crippen LogP contribution < -0.4 is 0 Å². The average molecular weight is 228 g/mol. The van der Waals surface area contributed by atoms with Crippen LogP contribution in [-0.2, 0) is 14.3 Å². The Bertz CT molecular complexity index is 282. The standard InChI is InChI=1S/C11H16O3S/c1-14-11(13)9-10(12)5-4-8-15-6-2-3-7-15/h2-3,6-7,15H,4-5,8-9H2,1H3. The van der Waals surface area contributed by atoms with E-state index in [-0.39, 0.29) is 23.1 Å². The molecule has 15 heavy (non-hydrogen) atoms. The molecular weight excluding hydrogens is 212 g/mol. The van der Waals surface area contributed by atoms with Crippen LogP contribution in [-0.4, -0.2) is 24.6 Å². The van der Waals surface area contributed by atoms with E-state index in [0.29, 0.717) is 6.42 Å². The minimum absolute atomic E-state index is 0.0241. The summed E-state index contributed by atoms with van der Waals surface area (Å²) in [7, 11) is 1.17. The molecule has 0 amide bonds. The molecule has 1 heterocycles. The molecule has 0 radical (unpaired) electrons. The number of carbonyl (C=O) groups excluding carboxylic acids is 2. The Morgan fingerprint density at radius 3 is 2.53 bits per heavy atom. The van der Waals surface area contributed by atoms with Gasteiger partial charge >= 0.3 is 5.97 Å². The molecule has 0 bridgehead atoms. The van der Waals surface area contributed by atoms with Gasteiger partial charge in [-0.05, 0) is 23.0 Å². The van der Waals surface area contributed by atoms with Crippen molar-refractivity contribution in [1.82, 2.24) is 0 Å². The van der Waals surface area contributed by atoms with E-state index >= 15 is 0 Å². The van der Waals surface area contributed by atoms with Crippen molar-refractivity contribution >= 4 is 22.6 Å². The van der Waals surface area contributed by atoms with Crippen molar-refractivity contribution in [2.24, 2.45) is 0 Å². The molecule has 0 saturated heterocycles. The molecule has 0 aromatic carbocycles. The molecule has 0 fully saturated rings. The summed E-state index contributed by atoms with van der Waals surface area (Å²) in [5, 5.41) is 4.36. The lowest BCUT2D eigenvalue weighted by Gasteiger charge is -2.08. The number of hydrogen-bond acceptors (Lipinski definition) is 3. The molecule has 0 spiro atoms. The fraction of sp³-hybridized carbons (Fsp3) is 0.455. The minimum atomic E-state index is -0.439. The summed E-state index contributed by atoms with van der Waals surface area (Å²) in [6.45, 7) is 0. The Morgan fingerprint density at radius 1 is 1.27 bits per heavy atom. The highest BCUT2D eigenvalue weighted by Gasteiger charge is 2.09. The molecule has 0 atom stereocenters. The van der Waals surface area contributed by atoms with Crippen LogP contribution in [0.4, 0.5) is 0 Å². The molecule has 0 aromatic heterocycles. The number of esters is 1. The zero-order valence-corrected chi connectivity index (χ0v) is 9.70. The van der Waals surface area contributed by atoms with Gasteiger partial charge in [-0.2, -0.15) is 0 Å². The number of hydrogen-bond donors (Lipinski definition) is 1. The van der Waals surface area contributed by atoms with Gasteiger partial charge < -0.3 is 4.74 Å². The lowest BCUT2D eigenvalue weighted by molar-refractivity contribution is -0.143. The van der Waals surface area contributed by atoms with Gasteiger partial charge in [0, 0.05) is 6.42 Å². The summed E-state index contributed by atoms with van der Waals surface area (Å²) in [4.78, 5) is 22.0. The Hall–Kier alpha value is -1.03. The van der Waals surface area contributed by atoms with Gasteiger partial charge in [0.25, 0.3) is 0 Å². The SMILES string of the molecule is COC(=O)CC(=O)CCC[SH]1C=CC=C1. The van der Waals surface area contributed by atoms with Gasteiger partial charge in [-0.15, -0.1) is 0 Å². The maximum atomic E-state index is 11.3. The largest absolute Gasteiger partial charge is 0.469 e. The minimum Gasteiger partial charge on any atom is -0.469 e. The van der Waals surface area contributed by atoms with Gasteiger partial charge in [-0.1, -0.05) is 12.2 Å². The zero-order valence-electron chi connectivity index (χ0n) is 8.81. The van der Waals surface area contributed by atoms with Crippen molar-refractivity contribution < 1.29 is 14.3 Å². The van der Waals surface area contributed by atoms with E-state index < -0.39 is 5.97 Å². The molecule has 1 aliphatic rings. The van der Waals surface area contributed by atoms with Crippen molar-refractivity contribution in [3.05, 3.63) is 23.0 Å². The first kappa shape index (κ1) is 12.0. The number of allylic oxidation sites excluding steroid dienone is 2. The van der Waals surface area contributed by atoms with Crippen molar-refractivity contribution in [1.29, 1.82) is 0 Å². The van der Waals surface area contributed by atoms with Gasteiger partial charge in [-0.3, -0.25) is 9.59 Å². The maximum absolute atomic E-state index is 11.3. The highest BCUT2D eigenvalue weighted by Crippen LogP contribution is 2.33. The van der Waals surface area contributed by atoms with Crippen molar-refractivity contribution in [3.63, 3.8) is 0 Å². The third kappa shape index (κ3) is 4.83. The molecule has 1 aliphatic heterocycles. The van der Waals surface area contributed by atoms with E-state index in [1.54, 1.807) is 0 Å². The van der Waals surface area contributed by atoms with Crippen LogP contribution in [0.5, 0.6) is 0 Å². The maximum Gasteiger partial charge on any atom is 0.313 e. The molecule has 0 aliphatic carbocycles. The van der Waals surface area contributed by atoms with Gasteiger partial charge in [0.2, 0.25) is 0 Å². The monoisotopic (exact) mass is 228 g/mol. The zero-order chi connectivity index (χ0) is 11.1. The fourth-order valence-corrected chi connectivity index (χ4v) is 2.86. The predicted octanol–water partition coefficient (Wildman–Crippen LogP) is 1.94. The lowest BCUT2D eigenvalue weighted by Crippen LogP contribution is -2.09. The Morgan fingerprint density at radius 2 is 1.93 bits per heavy atom. The van der Waals surface area contributed by atoms with E-state index in [0.717, 1.165) is 12.2 Å². The number of ketones is 1. The van der Waals surface area contributed by atoms with E-state index in [2.05, 4.69) is 15.6 Å². The second-order valence-electron chi connectivity index (χ2n) is 3.32. The third-order valence-electron chi connectivity index (χ3n) is 2.11. The molecular formula is C11H16O3S. The lowest BCUT2D eigenvalue weighted by atomic mass is 10.2. The van der Waals surface area contributed by atoms with Gasteiger partial charge in [0.15, 0.2) is 0 Å². The van der Waals surface area contributed by atoms with Crippen LogP contribution in [0.25, 0.3) is 0 Å². The summed E-state index contributed by atoms with van der Waals surface area (Å²) in [5.74, 6) is 0.574. The van der Waals surface area contributed by atoms with E-state index in [1.165, 1.54) is 7.11 Å². The van der Waals surface area contributed by atoms with Crippen molar-refractivity contribution in [2.45, 2.75) is 19.3 Å². The van der Waals surface area contributed by atoms with E-state index in [9.17, 15) is 9.59 Å². The molecule has 0 N–H and O–H groups in total. The van der Waals surface area contributed by atoms with Crippen LogP contribution in [0, 0.1) is 0 Å². The molecule has 3 nitrogen and oxygen atoms in total. The summed E-state index contributed by atoms with van der Waals surface area (Å²) >= 11 is 0. The van der Waals surface area contributed by atoms with Crippen molar-refractivity contribution in [2.75, 3.05) is 12.9 Å². The number of methoxy groups -OCH3 is 1. The highest BCUT2D eigenvalue weighted by molar-refractivity contribution is 8.22. The second-order valence-corrected chi connectivity index (χ2v) is 5.39. The molecule has 0 unspecified atom stereocenters. The average Bonchev–Trinajstić information content (AvgIpc) is 2.70. The molecule has 0 saturated carbocycles. The number of carbonyl (C=O) groups is 2. The van der Waals surface area contributed by atoms with Crippen LogP contribution in [0.1, 0.15) is 19.3 Å². The van der Waals surface area contributed by atoms with Crippen LogP contribution in [0.2, 0.25) is 0 Å².